The van der Waals surface area contributed by atoms with Crippen molar-refractivity contribution in [2.75, 3.05) is 25.0 Å². The van der Waals surface area contributed by atoms with E-state index >= 15 is 0 Å². The molecule has 0 saturated carbocycles. The van der Waals surface area contributed by atoms with Crippen LogP contribution >= 0.6 is 0 Å². The zero-order valence-electron chi connectivity index (χ0n) is 9.83. The van der Waals surface area contributed by atoms with Gasteiger partial charge in [0.05, 0.1) is 5.56 Å². The molecule has 0 radical (unpaired) electrons. The second-order valence-corrected chi connectivity index (χ2v) is 4.12. The van der Waals surface area contributed by atoms with Crippen LogP contribution in [0.3, 0.4) is 0 Å². The molecule has 0 bridgehead atoms. The van der Waals surface area contributed by atoms with Crippen LogP contribution in [0.1, 0.15) is 12.5 Å². The van der Waals surface area contributed by atoms with Gasteiger partial charge in [-0.25, -0.2) is 4.98 Å². The summed E-state index contributed by atoms with van der Waals surface area (Å²) in [6.45, 7) is 3.17. The minimum atomic E-state index is -4.34. The van der Waals surface area contributed by atoms with Gasteiger partial charge < -0.3 is 10.6 Å². The van der Waals surface area contributed by atoms with Crippen molar-refractivity contribution in [1.29, 1.82) is 0 Å². The van der Waals surface area contributed by atoms with Crippen LogP contribution in [-0.2, 0) is 6.18 Å². The highest BCUT2D eigenvalue weighted by Crippen LogP contribution is 2.29. The minimum Gasteiger partial charge on any atom is -0.359 e. The molecule has 1 heterocycles. The molecular weight excluding hydrogens is 231 g/mol. The second kappa shape index (κ2) is 5.35. The van der Waals surface area contributed by atoms with E-state index in [-0.39, 0.29) is 5.92 Å². The topological polar surface area (TPSA) is 42.1 Å². The summed E-state index contributed by atoms with van der Waals surface area (Å²) < 4.78 is 36.9. The second-order valence-electron chi connectivity index (χ2n) is 4.12. The summed E-state index contributed by atoms with van der Waals surface area (Å²) in [6, 6.07) is 2.40. The van der Waals surface area contributed by atoms with Gasteiger partial charge in [-0.3, -0.25) is 0 Å². The van der Waals surface area contributed by atoms with Crippen molar-refractivity contribution in [3.05, 3.63) is 23.9 Å². The smallest absolute Gasteiger partial charge is 0.359 e. The average Bonchev–Trinajstić information content (AvgIpc) is 2.27. The van der Waals surface area contributed by atoms with Gasteiger partial charge in [-0.05, 0) is 24.6 Å². The fourth-order valence-corrected chi connectivity index (χ4v) is 1.42. The van der Waals surface area contributed by atoms with Gasteiger partial charge in [-0.2, -0.15) is 13.2 Å². The standard InChI is InChI=1S/C11H16F3N3/c1-8(5-15)7-17(2)10-4-3-9(6-16-10)11(12,13)14/h3-4,6,8H,5,7,15H2,1-2H3. The number of hydrogen-bond acceptors (Lipinski definition) is 3. The number of hydrogen-bond donors (Lipinski definition) is 1. The molecule has 1 rings (SSSR count). The van der Waals surface area contributed by atoms with E-state index in [1.807, 2.05) is 6.92 Å². The van der Waals surface area contributed by atoms with Gasteiger partial charge in [0.25, 0.3) is 0 Å². The van der Waals surface area contributed by atoms with E-state index in [4.69, 9.17) is 5.73 Å². The van der Waals surface area contributed by atoms with Gasteiger partial charge in [0.15, 0.2) is 0 Å². The maximum absolute atomic E-state index is 12.3. The van der Waals surface area contributed by atoms with Crippen LogP contribution in [0.5, 0.6) is 0 Å². The first-order valence-electron chi connectivity index (χ1n) is 5.29. The highest BCUT2D eigenvalue weighted by atomic mass is 19.4. The Morgan fingerprint density at radius 1 is 1.41 bits per heavy atom. The van der Waals surface area contributed by atoms with Crippen molar-refractivity contribution < 1.29 is 13.2 Å². The Kier molecular flexibility index (Phi) is 4.34. The lowest BCUT2D eigenvalue weighted by molar-refractivity contribution is -0.137. The summed E-state index contributed by atoms with van der Waals surface area (Å²) in [5.74, 6) is 0.780. The molecule has 3 nitrogen and oxygen atoms in total. The van der Waals surface area contributed by atoms with Crippen LogP contribution in [-0.4, -0.2) is 25.1 Å². The van der Waals surface area contributed by atoms with Gasteiger partial charge in [0.1, 0.15) is 5.82 Å². The largest absolute Gasteiger partial charge is 0.417 e. The van der Waals surface area contributed by atoms with E-state index in [2.05, 4.69) is 4.98 Å². The maximum Gasteiger partial charge on any atom is 0.417 e. The third kappa shape index (κ3) is 3.89. The Balaban J connectivity index is 2.74. The molecule has 1 unspecified atom stereocenters. The fourth-order valence-electron chi connectivity index (χ4n) is 1.42. The number of nitrogens with two attached hydrogens (primary N) is 1. The number of anilines is 1. The van der Waals surface area contributed by atoms with Crippen molar-refractivity contribution in [3.8, 4) is 0 Å². The van der Waals surface area contributed by atoms with Crippen LogP contribution in [0.4, 0.5) is 19.0 Å². The summed E-state index contributed by atoms with van der Waals surface area (Å²) in [4.78, 5) is 5.59. The zero-order valence-corrected chi connectivity index (χ0v) is 9.83. The summed E-state index contributed by atoms with van der Waals surface area (Å²) in [6.07, 6.45) is -3.49. The van der Waals surface area contributed by atoms with Crippen LogP contribution in [0, 0.1) is 5.92 Å². The van der Waals surface area contributed by atoms with Crippen molar-refractivity contribution in [2.45, 2.75) is 13.1 Å². The number of nitrogens with zero attached hydrogens (tertiary/aromatic N) is 2. The van der Waals surface area contributed by atoms with E-state index < -0.39 is 11.7 Å². The van der Waals surface area contributed by atoms with Crippen LogP contribution < -0.4 is 10.6 Å². The Morgan fingerprint density at radius 2 is 2.06 bits per heavy atom. The zero-order chi connectivity index (χ0) is 13.1. The minimum absolute atomic E-state index is 0.268. The van der Waals surface area contributed by atoms with Crippen LogP contribution in [0.25, 0.3) is 0 Å². The van der Waals surface area contributed by atoms with Crippen LogP contribution in [0.2, 0.25) is 0 Å². The van der Waals surface area contributed by atoms with E-state index in [9.17, 15) is 13.2 Å². The van der Waals surface area contributed by atoms with E-state index in [1.54, 1.807) is 11.9 Å². The molecule has 0 aliphatic carbocycles. The third-order valence-corrected chi connectivity index (χ3v) is 2.45. The number of aromatic nitrogens is 1. The first kappa shape index (κ1) is 13.8. The molecule has 0 amide bonds. The molecule has 0 aromatic carbocycles. The normalized spacial score (nSPS) is 13.5. The van der Waals surface area contributed by atoms with Gasteiger partial charge in [-0.15, -0.1) is 0 Å². The number of pyridine rings is 1. The predicted octanol–water partition coefficient (Wildman–Crippen LogP) is 2.13. The first-order chi connectivity index (χ1) is 7.84. The summed E-state index contributed by atoms with van der Waals surface area (Å²) in [5.41, 5.74) is 4.75. The van der Waals surface area contributed by atoms with Crippen molar-refractivity contribution in [1.82, 2.24) is 4.98 Å². The third-order valence-electron chi connectivity index (χ3n) is 2.45. The fraction of sp³-hybridized carbons (Fsp3) is 0.545. The van der Waals surface area contributed by atoms with Gasteiger partial charge >= 0.3 is 6.18 Å². The van der Waals surface area contributed by atoms with E-state index in [0.717, 1.165) is 12.3 Å². The lowest BCUT2D eigenvalue weighted by atomic mass is 10.2. The number of rotatable bonds is 4. The summed E-state index contributed by atoms with van der Waals surface area (Å²) >= 11 is 0. The molecule has 0 aliphatic heterocycles. The molecule has 0 fully saturated rings. The Hall–Kier alpha value is -1.30. The highest BCUT2D eigenvalue weighted by Gasteiger charge is 2.30. The van der Waals surface area contributed by atoms with Crippen LogP contribution in [0.15, 0.2) is 18.3 Å². The van der Waals surface area contributed by atoms with Crippen molar-refractivity contribution in [2.24, 2.45) is 11.7 Å². The van der Waals surface area contributed by atoms with E-state index in [0.29, 0.717) is 18.9 Å². The molecule has 0 spiro atoms. The molecule has 1 aromatic rings. The molecule has 1 atom stereocenters. The Labute approximate surface area is 98.4 Å². The Morgan fingerprint density at radius 3 is 2.47 bits per heavy atom. The van der Waals surface area contributed by atoms with Crippen molar-refractivity contribution in [3.63, 3.8) is 0 Å². The van der Waals surface area contributed by atoms with Gasteiger partial charge in [-0.1, -0.05) is 6.92 Å². The lowest BCUT2D eigenvalue weighted by Gasteiger charge is -2.21. The quantitative estimate of drug-likeness (QED) is 0.886. The molecule has 6 heteroatoms. The average molecular weight is 247 g/mol. The first-order valence-corrected chi connectivity index (χ1v) is 5.29. The maximum atomic E-state index is 12.3. The lowest BCUT2D eigenvalue weighted by Crippen LogP contribution is -2.28. The number of halogens is 3. The van der Waals surface area contributed by atoms with Crippen molar-refractivity contribution >= 4 is 5.82 Å². The molecule has 1 aromatic heterocycles. The molecule has 96 valence electrons. The molecule has 0 aliphatic rings. The van der Waals surface area contributed by atoms with Gasteiger partial charge in [0, 0.05) is 19.8 Å². The van der Waals surface area contributed by atoms with Gasteiger partial charge in [0.2, 0.25) is 0 Å². The molecule has 0 saturated heterocycles. The predicted molar refractivity (Wildman–Crippen MR) is 60.7 cm³/mol. The highest BCUT2D eigenvalue weighted by molar-refractivity contribution is 5.38. The monoisotopic (exact) mass is 247 g/mol. The summed E-state index contributed by atoms with van der Waals surface area (Å²) in [7, 11) is 1.78. The molecule has 17 heavy (non-hydrogen) atoms. The molecular formula is C11H16F3N3. The SMILES string of the molecule is CC(CN)CN(C)c1ccc(C(F)(F)F)cn1. The number of alkyl halides is 3. The Bertz CT molecular complexity index is 348. The molecule has 2 N–H and O–H groups in total. The summed E-state index contributed by atoms with van der Waals surface area (Å²) in [5, 5.41) is 0. The van der Waals surface area contributed by atoms with E-state index in [1.165, 1.54) is 6.07 Å².